The molecule has 3 amide bonds. The van der Waals surface area contributed by atoms with Gasteiger partial charge in [-0.3, -0.25) is 53.2 Å². The Labute approximate surface area is 622 Å². The van der Waals surface area contributed by atoms with Gasteiger partial charge in [-0.15, -0.1) is 0 Å². The van der Waals surface area contributed by atoms with Gasteiger partial charge in [-0.1, -0.05) is 27.7 Å². The van der Waals surface area contributed by atoms with E-state index >= 15 is 0 Å². The number of amides is 3. The van der Waals surface area contributed by atoms with Crippen LogP contribution in [0, 0.1) is 11.8 Å². The van der Waals surface area contributed by atoms with E-state index in [0.29, 0.717) is 87.5 Å². The van der Waals surface area contributed by atoms with E-state index in [9.17, 15) is 84.0 Å². The van der Waals surface area contributed by atoms with Crippen LogP contribution in [0.15, 0.2) is 94.8 Å². The Morgan fingerprint density at radius 3 is 1.26 bits per heavy atom. The number of aromatic hydroxyl groups is 4. The molecule has 1 atom stereocenters. The Bertz CT molecular complexity index is 4440. The van der Waals surface area contributed by atoms with Gasteiger partial charge in [0.05, 0.1) is 42.1 Å². The summed E-state index contributed by atoms with van der Waals surface area (Å²) in [7, 11) is 0. The highest BCUT2D eigenvalue weighted by molar-refractivity contribution is 5.86. The van der Waals surface area contributed by atoms with Crippen LogP contribution >= 0.6 is 0 Å². The number of H-pyrrole nitrogens is 2. The van der Waals surface area contributed by atoms with Gasteiger partial charge in [-0.25, -0.2) is 28.9 Å². The molecule has 11 rings (SSSR count). The number of carbonyl (C=O) groups is 7. The third-order valence-electron chi connectivity index (χ3n) is 21.4. The molecule has 3 saturated heterocycles. The number of hydrogen-bond acceptors (Lipinski definition) is 19. The van der Waals surface area contributed by atoms with Crippen molar-refractivity contribution in [3.8, 4) is 57.1 Å². The number of benzene rings is 4. The fourth-order valence-corrected chi connectivity index (χ4v) is 15.3. The lowest BCUT2D eigenvalue weighted by Gasteiger charge is -2.35. The number of rotatable bonds is 28. The summed E-state index contributed by atoms with van der Waals surface area (Å²) in [6.45, 7) is 10.1. The van der Waals surface area contributed by atoms with Gasteiger partial charge in [-0.2, -0.15) is 10.2 Å². The summed E-state index contributed by atoms with van der Waals surface area (Å²) in [6, 6.07) is 18.6. The third kappa shape index (κ3) is 19.1. The second-order valence-corrected chi connectivity index (χ2v) is 29.4. The SMILES string of the molecule is CC(C)c1cc(-c2n[nH]c(=O)n2-c2ccc3c(ccn3CCC3CCN(C(=O)CC(CC(=O)N4CCC(CCn5ccc6cc(-n7c(-c8cc(C(C)C)c(O)cc8O)n[nH]c7=O)ccc65)CC4)NC(=O)CC[C@H](C(=O)O)N4CCN(CC(=O)O)CCN(CC(=O)O)CCN(CC(=O)O)CC4)CC3)c2)c(O)cc1O. The van der Waals surface area contributed by atoms with E-state index in [1.807, 2.05) is 88.6 Å². The molecule has 0 radical (unpaired) electrons. The second-order valence-electron chi connectivity index (χ2n) is 29.4. The van der Waals surface area contributed by atoms with Crippen LogP contribution in [-0.2, 0) is 46.7 Å². The standard InChI is InChI=1S/C76H97N15O17/c1-46(2)55-39-57(64(94)41-62(55)92)72-78-80-75(107)90(72)53-5-7-59-50(35-53)17-25-85(59)19-11-48-13-21-88(22-14-48)67(97)37-52(77-66(96)10-9-61(74(105)106)87-33-31-83(44-70(101)102)29-27-82(43-69(99)100)28-30-84(32-34-87)45-71(103)104)38-68(98)89-23-15-49(16-24-89)12-20-86-26-18-51-36-54(6-8-60(51)86)91-73(79-81-76(91)108)58-40-56(47(3)4)63(93)42-65(58)95/h5-8,17-18,25-26,35-36,39-42,46-49,52,61,92-95H,9-16,19-24,27-34,37-38,43-45H2,1-4H3,(H,77,96)(H,80,107)(H,81,108)(H,99,100)(H,101,102)(H,103,104)(H,105,106)/t61-/m1/s1. The zero-order chi connectivity index (χ0) is 77.2. The summed E-state index contributed by atoms with van der Waals surface area (Å²) in [5.74, 6) is -5.66. The minimum atomic E-state index is -1.30. The molecule has 4 aromatic carbocycles. The van der Waals surface area contributed by atoms with E-state index < -0.39 is 66.3 Å². The number of aryl methyl sites for hydroxylation is 2. The molecule has 578 valence electrons. The number of fused-ring (bicyclic) bond motifs is 2. The Kier molecular flexibility index (Phi) is 25.2. The van der Waals surface area contributed by atoms with Crippen molar-refractivity contribution in [1.82, 2.24) is 73.4 Å². The van der Waals surface area contributed by atoms with E-state index in [1.54, 1.807) is 41.5 Å². The molecule has 32 heteroatoms. The molecule has 0 bridgehead atoms. The van der Waals surface area contributed by atoms with Gasteiger partial charge in [0.2, 0.25) is 17.7 Å². The first kappa shape index (κ1) is 78.2. The Morgan fingerprint density at radius 2 is 0.889 bits per heavy atom. The quantitative estimate of drug-likeness (QED) is 0.0281. The number of likely N-dealkylation sites (tertiary alicyclic amines) is 2. The smallest absolute Gasteiger partial charge is 0.348 e. The van der Waals surface area contributed by atoms with Gasteiger partial charge >= 0.3 is 35.3 Å². The molecule has 3 aliphatic rings. The third-order valence-corrected chi connectivity index (χ3v) is 21.4. The van der Waals surface area contributed by atoms with Crippen molar-refractivity contribution >= 4 is 63.4 Å². The molecule has 0 saturated carbocycles. The van der Waals surface area contributed by atoms with E-state index in [-0.39, 0.29) is 166 Å². The first-order valence-corrected chi connectivity index (χ1v) is 36.9. The van der Waals surface area contributed by atoms with Gasteiger partial charge in [0.25, 0.3) is 0 Å². The van der Waals surface area contributed by atoms with Crippen LogP contribution in [0.25, 0.3) is 56.0 Å². The lowest BCUT2D eigenvalue weighted by Crippen LogP contribution is -2.52. The van der Waals surface area contributed by atoms with Crippen LogP contribution in [0.2, 0.25) is 0 Å². The number of carboxylic acid groups (broad SMARTS) is 4. The molecule has 3 aliphatic heterocycles. The molecule has 0 aliphatic carbocycles. The van der Waals surface area contributed by atoms with Crippen LogP contribution in [0.1, 0.15) is 115 Å². The van der Waals surface area contributed by atoms with Crippen LogP contribution < -0.4 is 16.7 Å². The fourth-order valence-electron chi connectivity index (χ4n) is 15.3. The Morgan fingerprint density at radius 1 is 0.500 bits per heavy atom. The van der Waals surface area contributed by atoms with Crippen molar-refractivity contribution < 1.29 is 74.4 Å². The minimum absolute atomic E-state index is 0.00509. The molecule has 7 heterocycles. The first-order valence-electron chi connectivity index (χ1n) is 36.9. The minimum Gasteiger partial charge on any atom is -0.508 e. The summed E-state index contributed by atoms with van der Waals surface area (Å²) < 4.78 is 7.03. The number of aromatic nitrogens is 8. The lowest BCUT2D eigenvalue weighted by molar-refractivity contribution is -0.145. The molecule has 0 spiro atoms. The summed E-state index contributed by atoms with van der Waals surface area (Å²) in [5, 5.41) is 101. The zero-order valence-corrected chi connectivity index (χ0v) is 61.3. The number of nitrogens with zero attached hydrogens (tertiary/aromatic N) is 12. The number of aliphatic carboxylic acids is 4. The number of phenolic OH excluding ortho intramolecular Hbond substituents is 4. The average molecular weight is 1490 g/mol. The second kappa shape index (κ2) is 34.8. The number of nitrogens with one attached hydrogen (secondary N) is 3. The summed E-state index contributed by atoms with van der Waals surface area (Å²) >= 11 is 0. The predicted molar refractivity (Wildman–Crippen MR) is 399 cm³/mol. The van der Waals surface area contributed by atoms with Crippen LogP contribution in [0.3, 0.4) is 0 Å². The Hall–Kier alpha value is -10.8. The number of piperidine rings is 2. The van der Waals surface area contributed by atoms with Crippen molar-refractivity contribution in [2.45, 2.75) is 129 Å². The molecule has 3 fully saturated rings. The summed E-state index contributed by atoms with van der Waals surface area (Å²) in [4.78, 5) is 129. The lowest BCUT2D eigenvalue weighted by atomic mass is 9.92. The van der Waals surface area contributed by atoms with Gasteiger partial charge < -0.3 is 65.1 Å². The molecule has 8 aromatic rings. The number of aromatic amines is 2. The van der Waals surface area contributed by atoms with Crippen LogP contribution in [0.4, 0.5) is 0 Å². The van der Waals surface area contributed by atoms with Crippen LogP contribution in [0.5, 0.6) is 23.0 Å². The average Bonchev–Trinajstić information content (AvgIpc) is 1.60. The molecule has 4 aromatic heterocycles. The van der Waals surface area contributed by atoms with Crippen LogP contribution in [-0.4, -0.2) is 261 Å². The summed E-state index contributed by atoms with van der Waals surface area (Å²) in [6.07, 6.45) is 7.35. The normalized spacial score (nSPS) is 16.4. The Balaban J connectivity index is 0.734. The van der Waals surface area contributed by atoms with Gasteiger partial charge in [0.15, 0.2) is 11.6 Å². The molecule has 0 unspecified atom stereocenters. The van der Waals surface area contributed by atoms with Crippen molar-refractivity contribution in [3.05, 3.63) is 117 Å². The maximum atomic E-state index is 14.5. The van der Waals surface area contributed by atoms with Crippen molar-refractivity contribution in [2.24, 2.45) is 11.8 Å². The zero-order valence-electron chi connectivity index (χ0n) is 61.3. The highest BCUT2D eigenvalue weighted by Crippen LogP contribution is 2.40. The van der Waals surface area contributed by atoms with Gasteiger partial charge in [0.1, 0.15) is 29.0 Å². The molecule has 32 nitrogen and oxygen atoms in total. The van der Waals surface area contributed by atoms with E-state index in [1.165, 1.54) is 21.3 Å². The predicted octanol–water partition coefficient (Wildman–Crippen LogP) is 5.68. The number of carboxylic acids is 4. The number of hydrogen-bond donors (Lipinski definition) is 11. The maximum Gasteiger partial charge on any atom is 0.348 e. The fraction of sp³-hybridized carbons (Fsp3) is 0.487. The topological polar surface area (TPSA) is 424 Å². The molecular formula is C76H97N15O17. The molecule has 108 heavy (non-hydrogen) atoms. The maximum absolute atomic E-state index is 14.5. The largest absolute Gasteiger partial charge is 0.508 e. The monoisotopic (exact) mass is 1490 g/mol. The van der Waals surface area contributed by atoms with E-state index in [0.717, 1.165) is 34.6 Å². The van der Waals surface area contributed by atoms with Crippen molar-refractivity contribution in [1.29, 1.82) is 0 Å². The highest BCUT2D eigenvalue weighted by Gasteiger charge is 2.34. The van der Waals surface area contributed by atoms with Crippen molar-refractivity contribution in [3.63, 3.8) is 0 Å². The first-order chi connectivity index (χ1) is 51.6. The highest BCUT2D eigenvalue weighted by atomic mass is 16.4. The summed E-state index contributed by atoms with van der Waals surface area (Å²) in [5.41, 5.74) is 3.62. The van der Waals surface area contributed by atoms with E-state index in [4.69, 9.17) is 0 Å². The van der Waals surface area contributed by atoms with Gasteiger partial charge in [-0.05, 0) is 140 Å². The van der Waals surface area contributed by atoms with E-state index in [2.05, 4.69) is 34.8 Å². The van der Waals surface area contributed by atoms with Gasteiger partial charge in [0, 0.05) is 163 Å². The number of phenols is 4. The number of carbonyl (C=O) groups excluding carboxylic acids is 3. The molecule has 11 N–H and O–H groups in total. The molecular weight excluding hydrogens is 1390 g/mol. The van der Waals surface area contributed by atoms with Crippen molar-refractivity contribution in [2.75, 3.05) is 98.2 Å².